The topological polar surface area (TPSA) is 48.8 Å². The van der Waals surface area contributed by atoms with Crippen LogP contribution in [0.4, 0.5) is 0 Å². The zero-order valence-corrected chi connectivity index (χ0v) is 23.1. The zero-order valence-electron chi connectivity index (χ0n) is 23.1. The van der Waals surface area contributed by atoms with E-state index in [4.69, 9.17) is 9.40 Å². The zero-order chi connectivity index (χ0) is 28.3. The molecular formula is C38H24N4O. The minimum Gasteiger partial charge on any atom is -0.419 e. The van der Waals surface area contributed by atoms with Crippen LogP contribution >= 0.6 is 0 Å². The van der Waals surface area contributed by atoms with E-state index in [1.165, 1.54) is 5.39 Å². The van der Waals surface area contributed by atoms with Crippen LogP contribution in [0.1, 0.15) is 0 Å². The van der Waals surface area contributed by atoms with Gasteiger partial charge < -0.3 is 8.98 Å². The Morgan fingerprint density at radius 3 is 1.93 bits per heavy atom. The summed E-state index contributed by atoms with van der Waals surface area (Å²) >= 11 is 0. The normalized spacial score (nSPS) is 11.7. The highest BCUT2D eigenvalue weighted by Crippen LogP contribution is 2.44. The molecule has 0 aliphatic heterocycles. The fourth-order valence-electron chi connectivity index (χ4n) is 6.44. The molecule has 5 heteroatoms. The van der Waals surface area contributed by atoms with Crippen LogP contribution in [0.5, 0.6) is 0 Å². The van der Waals surface area contributed by atoms with Crippen LogP contribution in [0.25, 0.3) is 77.9 Å². The van der Waals surface area contributed by atoms with Crippen LogP contribution in [-0.4, -0.2) is 19.1 Å². The fraction of sp³-hybridized carbons (Fsp3) is 0. The molecule has 4 heterocycles. The number of nitrogens with zero attached hydrogens (tertiary/aromatic N) is 4. The highest BCUT2D eigenvalue weighted by Gasteiger charge is 2.25. The van der Waals surface area contributed by atoms with Gasteiger partial charge >= 0.3 is 0 Å². The summed E-state index contributed by atoms with van der Waals surface area (Å²) in [4.78, 5) is 9.56. The van der Waals surface area contributed by atoms with E-state index < -0.39 is 0 Å². The monoisotopic (exact) mass is 552 g/mol. The molecule has 0 unspecified atom stereocenters. The van der Waals surface area contributed by atoms with E-state index in [2.05, 4.69) is 93.0 Å². The third-order valence-electron chi connectivity index (χ3n) is 8.25. The molecule has 0 bridgehead atoms. The van der Waals surface area contributed by atoms with Crippen molar-refractivity contribution in [2.24, 2.45) is 0 Å². The van der Waals surface area contributed by atoms with E-state index in [1.807, 2.05) is 67.0 Å². The summed E-state index contributed by atoms with van der Waals surface area (Å²) in [5.74, 6) is 1.28. The molecule has 9 rings (SSSR count). The van der Waals surface area contributed by atoms with Gasteiger partial charge in [-0.3, -0.25) is 9.55 Å². The lowest BCUT2D eigenvalue weighted by Crippen LogP contribution is -1.96. The first kappa shape index (κ1) is 23.7. The number of oxazole rings is 1. The molecule has 0 saturated carbocycles. The maximum absolute atomic E-state index is 6.80. The van der Waals surface area contributed by atoms with Crippen molar-refractivity contribution in [2.45, 2.75) is 0 Å². The molecule has 202 valence electrons. The molecule has 0 fully saturated rings. The van der Waals surface area contributed by atoms with Gasteiger partial charge in [0.15, 0.2) is 0 Å². The average Bonchev–Trinajstić information content (AvgIpc) is 3.76. The van der Waals surface area contributed by atoms with E-state index >= 15 is 0 Å². The van der Waals surface area contributed by atoms with Crippen molar-refractivity contribution in [1.29, 1.82) is 0 Å². The van der Waals surface area contributed by atoms with Crippen LogP contribution in [0, 0.1) is 0 Å². The van der Waals surface area contributed by atoms with Gasteiger partial charge in [0.1, 0.15) is 5.69 Å². The van der Waals surface area contributed by atoms with Crippen molar-refractivity contribution >= 4 is 43.6 Å². The molecule has 5 aromatic carbocycles. The standard InChI is InChI=1S/C38H24N4O/c1-3-12-25(13-4-1)35-38(43-37(40-35)26-14-5-2-6-15-26)42-31-19-9-7-17-28(31)29-21-22-33-34(36(29)42)30-18-8-10-20-32(30)41(33)27-16-11-23-39-24-27/h1-24H. The minimum atomic E-state index is 0.588. The molecule has 9 aromatic rings. The van der Waals surface area contributed by atoms with Crippen LogP contribution in [0.3, 0.4) is 0 Å². The van der Waals surface area contributed by atoms with E-state index in [0.29, 0.717) is 11.8 Å². The van der Waals surface area contributed by atoms with Gasteiger partial charge in [0, 0.05) is 38.9 Å². The maximum atomic E-state index is 6.80. The molecule has 5 nitrogen and oxygen atoms in total. The first-order valence-corrected chi connectivity index (χ1v) is 14.3. The Labute approximate surface area is 246 Å². The first-order chi connectivity index (χ1) is 21.4. The molecular weight excluding hydrogens is 528 g/mol. The predicted octanol–water partition coefficient (Wildman–Crippen LogP) is 9.60. The van der Waals surface area contributed by atoms with E-state index in [1.54, 1.807) is 0 Å². The van der Waals surface area contributed by atoms with Crippen molar-refractivity contribution in [1.82, 2.24) is 19.1 Å². The summed E-state index contributed by atoms with van der Waals surface area (Å²) in [6.07, 6.45) is 3.73. The van der Waals surface area contributed by atoms with Gasteiger partial charge in [0.05, 0.1) is 34.0 Å². The fourth-order valence-corrected chi connectivity index (χ4v) is 6.44. The summed E-state index contributed by atoms with van der Waals surface area (Å²) < 4.78 is 11.4. The second-order valence-electron chi connectivity index (χ2n) is 10.7. The molecule has 0 spiro atoms. The Balaban J connectivity index is 1.48. The third-order valence-corrected chi connectivity index (χ3v) is 8.25. The number of benzene rings is 5. The first-order valence-electron chi connectivity index (χ1n) is 14.3. The maximum Gasteiger partial charge on any atom is 0.233 e. The minimum absolute atomic E-state index is 0.588. The Hall–Kier alpha value is -5.94. The summed E-state index contributed by atoms with van der Waals surface area (Å²) in [6.45, 7) is 0. The van der Waals surface area contributed by atoms with Crippen molar-refractivity contribution in [2.75, 3.05) is 0 Å². The molecule has 0 radical (unpaired) electrons. The lowest BCUT2D eigenvalue weighted by molar-refractivity contribution is 0.555. The smallest absolute Gasteiger partial charge is 0.233 e. The lowest BCUT2D eigenvalue weighted by atomic mass is 10.1. The molecule has 43 heavy (non-hydrogen) atoms. The molecule has 0 atom stereocenters. The molecule has 0 aliphatic rings. The number of rotatable bonds is 4. The van der Waals surface area contributed by atoms with Gasteiger partial charge in [-0.25, -0.2) is 4.98 Å². The van der Waals surface area contributed by atoms with E-state index in [-0.39, 0.29) is 0 Å². The van der Waals surface area contributed by atoms with Crippen LogP contribution < -0.4 is 0 Å². The number of para-hydroxylation sites is 2. The van der Waals surface area contributed by atoms with Gasteiger partial charge in [-0.15, -0.1) is 0 Å². The highest BCUT2D eigenvalue weighted by atomic mass is 16.4. The quantitative estimate of drug-likeness (QED) is 0.218. The van der Waals surface area contributed by atoms with Gasteiger partial charge in [-0.05, 0) is 42.5 Å². The molecule has 0 N–H and O–H groups in total. The number of aromatic nitrogens is 4. The largest absolute Gasteiger partial charge is 0.419 e. The summed E-state index contributed by atoms with van der Waals surface area (Å²) in [6, 6.07) is 46.1. The lowest BCUT2D eigenvalue weighted by Gasteiger charge is -2.09. The van der Waals surface area contributed by atoms with Gasteiger partial charge in [-0.2, -0.15) is 0 Å². The van der Waals surface area contributed by atoms with Crippen molar-refractivity contribution < 1.29 is 4.42 Å². The molecule has 0 aliphatic carbocycles. The Morgan fingerprint density at radius 2 is 1.19 bits per heavy atom. The summed E-state index contributed by atoms with van der Waals surface area (Å²) in [5.41, 5.74) is 8.14. The van der Waals surface area contributed by atoms with Crippen molar-refractivity contribution in [3.8, 4) is 34.3 Å². The number of pyridine rings is 1. The van der Waals surface area contributed by atoms with Gasteiger partial charge in [-0.1, -0.05) is 91.0 Å². The molecule has 4 aromatic heterocycles. The third kappa shape index (κ3) is 3.52. The predicted molar refractivity (Wildman–Crippen MR) is 174 cm³/mol. The van der Waals surface area contributed by atoms with E-state index in [9.17, 15) is 0 Å². The Bertz CT molecular complexity index is 2440. The average molecular weight is 553 g/mol. The second kappa shape index (κ2) is 9.29. The van der Waals surface area contributed by atoms with Crippen LogP contribution in [0.15, 0.2) is 150 Å². The van der Waals surface area contributed by atoms with Gasteiger partial charge in [0.25, 0.3) is 0 Å². The van der Waals surface area contributed by atoms with Crippen LogP contribution in [0.2, 0.25) is 0 Å². The number of fused-ring (bicyclic) bond motifs is 7. The van der Waals surface area contributed by atoms with Crippen molar-refractivity contribution in [3.05, 3.63) is 146 Å². The van der Waals surface area contributed by atoms with Crippen LogP contribution in [-0.2, 0) is 0 Å². The molecule has 0 saturated heterocycles. The number of hydrogen-bond acceptors (Lipinski definition) is 3. The van der Waals surface area contributed by atoms with Crippen molar-refractivity contribution in [3.63, 3.8) is 0 Å². The van der Waals surface area contributed by atoms with E-state index in [0.717, 1.165) is 60.7 Å². The van der Waals surface area contributed by atoms with Gasteiger partial charge in [0.2, 0.25) is 11.8 Å². The Kier molecular flexibility index (Phi) is 5.13. The summed E-state index contributed by atoms with van der Waals surface area (Å²) in [7, 11) is 0. The SMILES string of the molecule is c1ccc(-c2nc(-c3ccccc3)c(-n3c4ccccc4c4ccc5c(c6ccccc6n5-c5cccnc5)c43)o2)cc1. The molecule has 0 amide bonds. The highest BCUT2D eigenvalue weighted by molar-refractivity contribution is 6.26. The Morgan fingerprint density at radius 1 is 0.512 bits per heavy atom. The second-order valence-corrected chi connectivity index (χ2v) is 10.7. The number of hydrogen-bond donors (Lipinski definition) is 0. The summed E-state index contributed by atoms with van der Waals surface area (Å²) in [5, 5.41) is 4.65.